The number of non-ortho nitro benzene ring substituents is 1. The number of thioether (sulfide) groups is 1. The van der Waals surface area contributed by atoms with Gasteiger partial charge in [-0.15, -0.1) is 10.2 Å². The molecule has 2 saturated heterocycles. The van der Waals surface area contributed by atoms with Gasteiger partial charge in [-0.1, -0.05) is 11.8 Å². The minimum atomic E-state index is -0.547. The number of hydrogen-bond donors (Lipinski definition) is 1. The van der Waals surface area contributed by atoms with E-state index >= 15 is 0 Å². The molecule has 1 N–H and O–H groups in total. The van der Waals surface area contributed by atoms with Crippen molar-refractivity contribution in [3.63, 3.8) is 0 Å². The van der Waals surface area contributed by atoms with Gasteiger partial charge in [0.25, 0.3) is 5.69 Å². The Balaban J connectivity index is 1.51. The Hall–Kier alpha value is -2.90. The van der Waals surface area contributed by atoms with Gasteiger partial charge < -0.3 is 24.4 Å². The summed E-state index contributed by atoms with van der Waals surface area (Å²) in [5.74, 6) is 0.755. The number of morpholine rings is 1. The van der Waals surface area contributed by atoms with Crippen LogP contribution in [-0.4, -0.2) is 77.0 Å². The van der Waals surface area contributed by atoms with E-state index in [1.165, 1.54) is 37.1 Å². The maximum Gasteiger partial charge on any atom is 0.271 e. The minimum Gasteiger partial charge on any atom is -0.495 e. The molecule has 2 atom stereocenters. The lowest BCUT2D eigenvalue weighted by molar-refractivity contribution is -0.384. The number of aromatic nitrogens is 3. The molecule has 0 saturated carbocycles. The molecule has 0 bridgehead atoms. The molecule has 34 heavy (non-hydrogen) atoms. The first kappa shape index (κ1) is 24.2. The molecule has 13 heteroatoms. The van der Waals surface area contributed by atoms with Crippen LogP contribution < -0.4 is 15.0 Å². The van der Waals surface area contributed by atoms with E-state index in [0.29, 0.717) is 30.7 Å². The van der Waals surface area contributed by atoms with Crippen LogP contribution in [0.3, 0.4) is 0 Å². The van der Waals surface area contributed by atoms with Gasteiger partial charge in [0.1, 0.15) is 5.75 Å². The summed E-state index contributed by atoms with van der Waals surface area (Å²) in [6, 6.07) is 4.07. The minimum absolute atomic E-state index is 0.0772. The number of ether oxygens (including phenoxy) is 3. The van der Waals surface area contributed by atoms with E-state index in [0.717, 1.165) is 38.5 Å². The van der Waals surface area contributed by atoms with Gasteiger partial charge in [0.2, 0.25) is 11.9 Å². The third-order valence-corrected chi connectivity index (χ3v) is 6.79. The molecule has 3 heterocycles. The molecule has 12 nitrogen and oxygen atoms in total. The monoisotopic (exact) mass is 492 g/mol. The lowest BCUT2D eigenvalue weighted by Crippen LogP contribution is -2.38. The number of nitrogens with zero attached hydrogens (tertiary/aromatic N) is 5. The number of carbonyl (C=O) groups is 1. The quantitative estimate of drug-likeness (QED) is 0.316. The van der Waals surface area contributed by atoms with Gasteiger partial charge in [-0.3, -0.25) is 19.5 Å². The maximum absolute atomic E-state index is 13.0. The summed E-state index contributed by atoms with van der Waals surface area (Å²) in [6.45, 7) is 5.79. The number of hydrogen-bond acceptors (Lipinski definition) is 10. The molecule has 0 radical (unpaired) electrons. The lowest BCUT2D eigenvalue weighted by Gasteiger charge is -2.28. The van der Waals surface area contributed by atoms with E-state index in [1.807, 2.05) is 4.57 Å². The highest BCUT2D eigenvalue weighted by Crippen LogP contribution is 2.32. The fraction of sp³-hybridized carbons (Fsp3) is 0.571. The number of benzene rings is 1. The van der Waals surface area contributed by atoms with Gasteiger partial charge in [0.15, 0.2) is 5.16 Å². The average Bonchev–Trinajstić information content (AvgIpc) is 3.50. The first-order chi connectivity index (χ1) is 16.5. The summed E-state index contributed by atoms with van der Waals surface area (Å²) in [6.07, 6.45) is 2.06. The standard InChI is InChI=1S/C21H28N6O6S/c1-14(19(28)22-17-12-15(27(29)30)5-6-18(17)31-2)34-21-24-23-20(25-7-10-32-11-8-25)26(21)13-16-4-3-9-33-16/h5-6,12,14,16H,3-4,7-11,13H2,1-2H3,(H,22,28). The number of nitrogens with one attached hydrogen (secondary N) is 1. The van der Waals surface area contributed by atoms with Crippen molar-refractivity contribution in [2.45, 2.75) is 42.8 Å². The number of nitro benzene ring substituents is 1. The molecule has 1 aromatic carbocycles. The van der Waals surface area contributed by atoms with Gasteiger partial charge >= 0.3 is 0 Å². The van der Waals surface area contributed by atoms with Crippen molar-refractivity contribution in [3.05, 3.63) is 28.3 Å². The summed E-state index contributed by atoms with van der Waals surface area (Å²) in [7, 11) is 1.44. The molecule has 184 valence electrons. The number of nitro groups is 1. The average molecular weight is 493 g/mol. The summed E-state index contributed by atoms with van der Waals surface area (Å²) in [4.78, 5) is 25.7. The second kappa shape index (κ2) is 11.0. The van der Waals surface area contributed by atoms with Crippen LogP contribution in [0.2, 0.25) is 0 Å². The van der Waals surface area contributed by atoms with Crippen LogP contribution in [0, 0.1) is 10.1 Å². The van der Waals surface area contributed by atoms with Crippen LogP contribution in [0.15, 0.2) is 23.4 Å². The molecular weight excluding hydrogens is 464 g/mol. The van der Waals surface area contributed by atoms with Gasteiger partial charge in [-0.2, -0.15) is 0 Å². The molecule has 2 unspecified atom stereocenters. The molecule has 0 spiro atoms. The van der Waals surface area contributed by atoms with Crippen LogP contribution in [0.4, 0.5) is 17.3 Å². The maximum atomic E-state index is 13.0. The lowest BCUT2D eigenvalue weighted by atomic mass is 10.2. The normalized spacial score (nSPS) is 19.1. The van der Waals surface area contributed by atoms with E-state index in [-0.39, 0.29) is 23.4 Å². The highest BCUT2D eigenvalue weighted by molar-refractivity contribution is 8.00. The second-order valence-electron chi connectivity index (χ2n) is 8.02. The zero-order chi connectivity index (χ0) is 24.1. The van der Waals surface area contributed by atoms with Gasteiger partial charge in [-0.25, -0.2) is 0 Å². The smallest absolute Gasteiger partial charge is 0.271 e. The van der Waals surface area contributed by atoms with E-state index in [1.54, 1.807) is 6.92 Å². The Bertz CT molecular complexity index is 1020. The first-order valence-electron chi connectivity index (χ1n) is 11.1. The van der Waals surface area contributed by atoms with Crippen LogP contribution in [0.25, 0.3) is 0 Å². The fourth-order valence-corrected chi connectivity index (χ4v) is 4.72. The van der Waals surface area contributed by atoms with Crippen LogP contribution in [0.1, 0.15) is 19.8 Å². The van der Waals surface area contributed by atoms with E-state index in [4.69, 9.17) is 14.2 Å². The predicted molar refractivity (Wildman–Crippen MR) is 126 cm³/mol. The Kier molecular flexibility index (Phi) is 7.85. The van der Waals surface area contributed by atoms with Crippen molar-refractivity contribution in [1.82, 2.24) is 14.8 Å². The van der Waals surface area contributed by atoms with Crippen molar-refractivity contribution < 1.29 is 23.9 Å². The molecule has 0 aliphatic carbocycles. The third kappa shape index (κ3) is 5.59. The first-order valence-corrected chi connectivity index (χ1v) is 12.0. The Morgan fingerprint density at radius 3 is 2.82 bits per heavy atom. The number of amides is 1. The Morgan fingerprint density at radius 2 is 2.15 bits per heavy atom. The number of anilines is 2. The molecule has 2 aliphatic heterocycles. The van der Waals surface area contributed by atoms with Crippen LogP contribution in [0.5, 0.6) is 5.75 Å². The summed E-state index contributed by atoms with van der Waals surface area (Å²) in [5, 5.41) is 22.7. The van der Waals surface area contributed by atoms with Crippen molar-refractivity contribution in [2.75, 3.05) is 50.2 Å². The molecule has 2 aromatic rings. The number of methoxy groups -OCH3 is 1. The molecular formula is C21H28N6O6S. The van der Waals surface area contributed by atoms with Crippen molar-refractivity contribution >= 4 is 35.0 Å². The van der Waals surface area contributed by atoms with Crippen LogP contribution >= 0.6 is 11.8 Å². The molecule has 2 aliphatic rings. The molecule has 2 fully saturated rings. The van der Waals surface area contributed by atoms with Gasteiger partial charge in [0.05, 0.1) is 48.8 Å². The SMILES string of the molecule is COc1ccc([N+](=O)[O-])cc1NC(=O)C(C)Sc1nnc(N2CCOCC2)n1CC1CCCO1. The second-order valence-corrected chi connectivity index (χ2v) is 9.33. The van der Waals surface area contributed by atoms with Crippen molar-refractivity contribution in [1.29, 1.82) is 0 Å². The zero-order valence-electron chi connectivity index (χ0n) is 19.1. The highest BCUT2D eigenvalue weighted by atomic mass is 32.2. The van der Waals surface area contributed by atoms with Gasteiger partial charge in [-0.05, 0) is 25.8 Å². The van der Waals surface area contributed by atoms with Crippen molar-refractivity contribution in [2.24, 2.45) is 0 Å². The summed E-state index contributed by atoms with van der Waals surface area (Å²) >= 11 is 1.28. The largest absolute Gasteiger partial charge is 0.495 e. The summed E-state index contributed by atoms with van der Waals surface area (Å²) < 4.78 is 18.6. The Labute approximate surface area is 201 Å². The number of rotatable bonds is 9. The summed E-state index contributed by atoms with van der Waals surface area (Å²) in [5.41, 5.74) is 0.104. The van der Waals surface area contributed by atoms with E-state index in [2.05, 4.69) is 20.4 Å². The van der Waals surface area contributed by atoms with Crippen molar-refractivity contribution in [3.8, 4) is 5.75 Å². The molecule has 1 aromatic heterocycles. The molecule has 1 amide bonds. The van der Waals surface area contributed by atoms with E-state index in [9.17, 15) is 14.9 Å². The number of carbonyl (C=O) groups excluding carboxylic acids is 1. The van der Waals surface area contributed by atoms with Gasteiger partial charge in [0, 0.05) is 31.8 Å². The Morgan fingerprint density at radius 1 is 1.35 bits per heavy atom. The topological polar surface area (TPSA) is 134 Å². The fourth-order valence-electron chi connectivity index (χ4n) is 3.87. The molecule has 4 rings (SSSR count). The van der Waals surface area contributed by atoms with E-state index < -0.39 is 10.2 Å². The zero-order valence-corrected chi connectivity index (χ0v) is 20.0. The van der Waals surface area contributed by atoms with Crippen LogP contribution in [-0.2, 0) is 20.8 Å². The third-order valence-electron chi connectivity index (χ3n) is 5.70. The predicted octanol–water partition coefficient (Wildman–Crippen LogP) is 2.33. The highest BCUT2D eigenvalue weighted by Gasteiger charge is 2.27.